The maximum Gasteiger partial charge on any atom is 0.243 e. The Kier molecular flexibility index (Phi) is 10.8. The van der Waals surface area contributed by atoms with Crippen molar-refractivity contribution in [1.29, 1.82) is 0 Å². The van der Waals surface area contributed by atoms with Gasteiger partial charge in [-0.25, -0.2) is 0 Å². The number of hydrogen-bond acceptors (Lipinski definition) is 4. The van der Waals surface area contributed by atoms with Gasteiger partial charge in [0.2, 0.25) is 5.91 Å². The van der Waals surface area contributed by atoms with Crippen molar-refractivity contribution < 1.29 is 14.3 Å². The summed E-state index contributed by atoms with van der Waals surface area (Å²) >= 11 is 0. The number of unbranched alkanes of at least 4 members (excludes halogenated alkanes) is 3. The Labute approximate surface area is 203 Å². The van der Waals surface area contributed by atoms with Gasteiger partial charge >= 0.3 is 0 Å². The van der Waals surface area contributed by atoms with Crippen molar-refractivity contribution in [2.24, 2.45) is 0 Å². The standard InChI is InChI=1S/C29H36N2O3/c1-2-3-4-8-20-34-28-15-9-14-26(22-28)30-23-29(32)31-25-16-18-27(19-17-25)33-21-10-13-24-11-6-5-7-12-24/h5-7,9,11-12,14-19,22,30H,2-4,8,10,13,20-21,23H2,1H3,(H,31,32). The van der Waals surface area contributed by atoms with Crippen LogP contribution < -0.4 is 20.1 Å². The first-order chi connectivity index (χ1) is 16.7. The van der Waals surface area contributed by atoms with E-state index in [1.165, 1.54) is 24.8 Å². The minimum absolute atomic E-state index is 0.109. The van der Waals surface area contributed by atoms with Gasteiger partial charge in [0.1, 0.15) is 11.5 Å². The number of nitrogens with one attached hydrogen (secondary N) is 2. The molecule has 0 unspecified atom stereocenters. The molecule has 1 amide bonds. The van der Waals surface area contributed by atoms with E-state index in [0.717, 1.165) is 48.7 Å². The fourth-order valence-corrected chi connectivity index (χ4v) is 3.55. The molecule has 0 aliphatic rings. The molecule has 5 heteroatoms. The molecule has 0 saturated carbocycles. The van der Waals surface area contributed by atoms with Crippen molar-refractivity contribution in [3.8, 4) is 11.5 Å². The molecule has 0 heterocycles. The monoisotopic (exact) mass is 460 g/mol. The second-order valence-corrected chi connectivity index (χ2v) is 8.30. The van der Waals surface area contributed by atoms with E-state index in [-0.39, 0.29) is 12.5 Å². The van der Waals surface area contributed by atoms with Crippen molar-refractivity contribution >= 4 is 17.3 Å². The van der Waals surface area contributed by atoms with Crippen LogP contribution in [0, 0.1) is 0 Å². The van der Waals surface area contributed by atoms with Crippen molar-refractivity contribution in [1.82, 2.24) is 0 Å². The molecule has 2 N–H and O–H groups in total. The molecule has 0 spiro atoms. The lowest BCUT2D eigenvalue weighted by Gasteiger charge is -2.11. The molecular formula is C29H36N2O3. The van der Waals surface area contributed by atoms with Crippen LogP contribution in [0.4, 0.5) is 11.4 Å². The van der Waals surface area contributed by atoms with Crippen molar-refractivity contribution in [2.45, 2.75) is 45.4 Å². The fourth-order valence-electron chi connectivity index (χ4n) is 3.55. The Bertz CT molecular complexity index is 974. The van der Waals surface area contributed by atoms with Crippen molar-refractivity contribution in [3.63, 3.8) is 0 Å². The molecule has 0 aliphatic carbocycles. The number of benzene rings is 3. The highest BCUT2D eigenvalue weighted by Gasteiger charge is 2.04. The second-order valence-electron chi connectivity index (χ2n) is 8.30. The summed E-state index contributed by atoms with van der Waals surface area (Å²) < 4.78 is 11.6. The molecule has 0 radical (unpaired) electrons. The Morgan fingerprint density at radius 2 is 1.50 bits per heavy atom. The van der Waals surface area contributed by atoms with Gasteiger partial charge < -0.3 is 20.1 Å². The van der Waals surface area contributed by atoms with E-state index < -0.39 is 0 Å². The van der Waals surface area contributed by atoms with Crippen molar-refractivity contribution in [2.75, 3.05) is 30.4 Å². The quantitative estimate of drug-likeness (QED) is 0.248. The molecule has 0 saturated heterocycles. The maximum atomic E-state index is 12.3. The Morgan fingerprint density at radius 1 is 0.735 bits per heavy atom. The van der Waals surface area contributed by atoms with Crippen molar-refractivity contribution in [3.05, 3.63) is 84.4 Å². The first kappa shape index (κ1) is 25.2. The normalized spacial score (nSPS) is 10.5. The minimum atomic E-state index is -0.109. The van der Waals surface area contributed by atoms with Crippen LogP contribution in [-0.2, 0) is 11.2 Å². The number of ether oxygens (including phenoxy) is 2. The predicted octanol–water partition coefficient (Wildman–Crippen LogP) is 6.71. The number of carbonyl (C=O) groups excluding carboxylic acids is 1. The summed E-state index contributed by atoms with van der Waals surface area (Å²) in [5, 5.41) is 6.07. The summed E-state index contributed by atoms with van der Waals surface area (Å²) in [6.07, 6.45) is 6.66. The summed E-state index contributed by atoms with van der Waals surface area (Å²) in [6.45, 7) is 3.76. The molecule has 0 bridgehead atoms. The van der Waals surface area contributed by atoms with Crippen LogP contribution >= 0.6 is 0 Å². The minimum Gasteiger partial charge on any atom is -0.494 e. The first-order valence-electron chi connectivity index (χ1n) is 12.3. The second kappa shape index (κ2) is 14.6. The van der Waals surface area contributed by atoms with Gasteiger partial charge in [0.15, 0.2) is 0 Å². The molecule has 5 nitrogen and oxygen atoms in total. The van der Waals surface area contributed by atoms with Crippen LogP contribution in [0.15, 0.2) is 78.9 Å². The van der Waals surface area contributed by atoms with Crippen LogP contribution in [0.2, 0.25) is 0 Å². The number of aryl methyl sites for hydroxylation is 1. The van der Waals surface area contributed by atoms with Gasteiger partial charge in [0.05, 0.1) is 19.8 Å². The number of anilines is 2. The van der Waals surface area contributed by atoms with Gasteiger partial charge in [-0.05, 0) is 61.2 Å². The van der Waals surface area contributed by atoms with Gasteiger partial charge in [-0.2, -0.15) is 0 Å². The largest absolute Gasteiger partial charge is 0.494 e. The third-order valence-corrected chi connectivity index (χ3v) is 5.41. The summed E-state index contributed by atoms with van der Waals surface area (Å²) in [6, 6.07) is 25.6. The number of hydrogen-bond donors (Lipinski definition) is 2. The zero-order chi connectivity index (χ0) is 23.8. The molecule has 0 aliphatic heterocycles. The molecule has 34 heavy (non-hydrogen) atoms. The van der Waals surface area contributed by atoms with Crippen LogP contribution in [0.5, 0.6) is 11.5 Å². The average molecular weight is 461 g/mol. The zero-order valence-corrected chi connectivity index (χ0v) is 20.1. The van der Waals surface area contributed by atoms with Gasteiger partial charge in [-0.1, -0.05) is 62.6 Å². The van der Waals surface area contributed by atoms with E-state index in [1.54, 1.807) is 0 Å². The molecule has 3 aromatic rings. The van der Waals surface area contributed by atoms with Gasteiger partial charge in [-0.15, -0.1) is 0 Å². The highest BCUT2D eigenvalue weighted by Crippen LogP contribution is 2.19. The lowest BCUT2D eigenvalue weighted by Crippen LogP contribution is -2.21. The highest BCUT2D eigenvalue weighted by atomic mass is 16.5. The topological polar surface area (TPSA) is 59.6 Å². The van der Waals surface area contributed by atoms with Crippen LogP contribution in [-0.4, -0.2) is 25.7 Å². The van der Waals surface area contributed by atoms with Crippen LogP contribution in [0.3, 0.4) is 0 Å². The molecule has 3 rings (SSSR count). The third kappa shape index (κ3) is 9.57. The SMILES string of the molecule is CCCCCCOc1cccc(NCC(=O)Nc2ccc(OCCCc3ccccc3)cc2)c1. The van der Waals surface area contributed by atoms with E-state index in [9.17, 15) is 4.79 Å². The molecule has 0 fully saturated rings. The van der Waals surface area contributed by atoms with E-state index in [4.69, 9.17) is 9.47 Å². The highest BCUT2D eigenvalue weighted by molar-refractivity contribution is 5.93. The third-order valence-electron chi connectivity index (χ3n) is 5.41. The number of amides is 1. The van der Waals surface area contributed by atoms with E-state index in [2.05, 4.69) is 41.8 Å². The van der Waals surface area contributed by atoms with E-state index in [0.29, 0.717) is 6.61 Å². The number of rotatable bonds is 15. The Morgan fingerprint density at radius 3 is 2.29 bits per heavy atom. The Balaban J connectivity index is 1.34. The summed E-state index contributed by atoms with van der Waals surface area (Å²) in [7, 11) is 0. The van der Waals surface area contributed by atoms with Crippen LogP contribution in [0.25, 0.3) is 0 Å². The summed E-state index contributed by atoms with van der Waals surface area (Å²) in [4.78, 5) is 12.3. The lowest BCUT2D eigenvalue weighted by atomic mass is 10.1. The molecule has 0 atom stereocenters. The first-order valence-corrected chi connectivity index (χ1v) is 12.3. The molecule has 180 valence electrons. The van der Waals surface area contributed by atoms with Gasteiger partial charge in [-0.3, -0.25) is 4.79 Å². The van der Waals surface area contributed by atoms with E-state index >= 15 is 0 Å². The lowest BCUT2D eigenvalue weighted by molar-refractivity contribution is -0.114. The maximum absolute atomic E-state index is 12.3. The van der Waals surface area contributed by atoms with Gasteiger partial charge in [0, 0.05) is 17.4 Å². The predicted molar refractivity (Wildman–Crippen MR) is 140 cm³/mol. The Hall–Kier alpha value is -3.47. The molecular weight excluding hydrogens is 424 g/mol. The average Bonchev–Trinajstić information content (AvgIpc) is 2.87. The molecule has 0 aromatic heterocycles. The van der Waals surface area contributed by atoms with Crippen LogP contribution in [0.1, 0.15) is 44.6 Å². The summed E-state index contributed by atoms with van der Waals surface area (Å²) in [5.41, 5.74) is 2.92. The molecule has 3 aromatic carbocycles. The van der Waals surface area contributed by atoms with E-state index in [1.807, 2.05) is 54.6 Å². The fraction of sp³-hybridized carbons (Fsp3) is 0.345. The smallest absolute Gasteiger partial charge is 0.243 e. The zero-order valence-electron chi connectivity index (χ0n) is 20.1. The van der Waals surface area contributed by atoms with Gasteiger partial charge in [0.25, 0.3) is 0 Å². The number of carbonyl (C=O) groups is 1. The summed E-state index contributed by atoms with van der Waals surface area (Å²) in [5.74, 6) is 1.51.